The smallest absolute Gasteiger partial charge is 0.146 e. The number of ether oxygens (including phenoxy) is 1. The number of nitrogen functional groups attached to an aromatic ring is 1. The van der Waals surface area contributed by atoms with Gasteiger partial charge in [0.2, 0.25) is 0 Å². The number of likely N-dealkylation sites (tertiary alicyclic amines) is 1. The Kier molecular flexibility index (Phi) is 6.05. The quantitative estimate of drug-likeness (QED) is 0.363. The molecule has 0 bridgehead atoms. The van der Waals surface area contributed by atoms with Crippen LogP contribution in [-0.2, 0) is 0 Å². The van der Waals surface area contributed by atoms with Crippen molar-refractivity contribution in [3.8, 4) is 22.6 Å². The second-order valence-corrected chi connectivity index (χ2v) is 11.5. The zero-order valence-corrected chi connectivity index (χ0v) is 21.9. The minimum Gasteiger partial charge on any atom is -0.457 e. The molecule has 196 valence electrons. The van der Waals surface area contributed by atoms with Crippen LogP contribution in [0.25, 0.3) is 22.2 Å². The molecule has 38 heavy (non-hydrogen) atoms. The number of benzene rings is 2. The molecule has 7 rings (SSSR count). The number of nitrogens with one attached hydrogen (secondary N) is 1. The van der Waals surface area contributed by atoms with Gasteiger partial charge in [0.1, 0.15) is 29.3 Å². The molecule has 4 aromatic rings. The maximum Gasteiger partial charge on any atom is 0.146 e. The van der Waals surface area contributed by atoms with E-state index in [4.69, 9.17) is 15.5 Å². The van der Waals surface area contributed by atoms with Crippen molar-refractivity contribution < 1.29 is 4.74 Å². The van der Waals surface area contributed by atoms with Crippen LogP contribution in [0.1, 0.15) is 44.6 Å². The van der Waals surface area contributed by atoms with E-state index in [9.17, 15) is 0 Å². The molecule has 2 aromatic carbocycles. The number of aromatic nitrogens is 3. The number of hydrogen-bond acceptors (Lipinski definition) is 6. The summed E-state index contributed by atoms with van der Waals surface area (Å²) in [7, 11) is 0. The normalized spacial score (nSPS) is 25.9. The molecule has 1 saturated carbocycles. The number of para-hydroxylation sites is 1. The first-order valence-electron chi connectivity index (χ1n) is 14.1. The zero-order valence-electron chi connectivity index (χ0n) is 21.9. The van der Waals surface area contributed by atoms with Crippen molar-refractivity contribution in [2.24, 2.45) is 5.41 Å². The van der Waals surface area contributed by atoms with Crippen LogP contribution < -0.4 is 15.8 Å². The third-order valence-corrected chi connectivity index (χ3v) is 9.16. The van der Waals surface area contributed by atoms with Crippen molar-refractivity contribution >= 4 is 16.9 Å². The Labute approximate surface area is 224 Å². The van der Waals surface area contributed by atoms with Crippen molar-refractivity contribution in [1.29, 1.82) is 0 Å². The van der Waals surface area contributed by atoms with Gasteiger partial charge in [0.05, 0.1) is 5.39 Å². The molecule has 7 nitrogen and oxygen atoms in total. The molecule has 3 aliphatic rings. The van der Waals surface area contributed by atoms with Crippen LogP contribution in [0.15, 0.2) is 67.1 Å². The Bertz CT molecular complexity index is 1400. The summed E-state index contributed by atoms with van der Waals surface area (Å²) in [6.45, 7) is 4.94. The van der Waals surface area contributed by atoms with Crippen LogP contribution in [0.3, 0.4) is 0 Å². The first-order valence-corrected chi connectivity index (χ1v) is 14.1. The number of nitrogens with two attached hydrogens (primary N) is 1. The molecule has 2 aliphatic heterocycles. The van der Waals surface area contributed by atoms with Gasteiger partial charge >= 0.3 is 0 Å². The minimum atomic E-state index is 0.433. The molecular formula is C31H36N6O. The molecule has 1 unspecified atom stereocenters. The lowest BCUT2D eigenvalue weighted by Crippen LogP contribution is -2.39. The van der Waals surface area contributed by atoms with Gasteiger partial charge in [-0.2, -0.15) is 0 Å². The highest BCUT2D eigenvalue weighted by molar-refractivity contribution is 6.00. The first-order chi connectivity index (χ1) is 18.7. The van der Waals surface area contributed by atoms with Crippen LogP contribution in [0.2, 0.25) is 0 Å². The Balaban J connectivity index is 1.11. The van der Waals surface area contributed by atoms with E-state index in [1.54, 1.807) is 6.33 Å². The van der Waals surface area contributed by atoms with Crippen LogP contribution in [0, 0.1) is 5.41 Å². The molecule has 7 heteroatoms. The number of rotatable bonds is 5. The van der Waals surface area contributed by atoms with E-state index in [1.807, 2.05) is 42.5 Å². The van der Waals surface area contributed by atoms with E-state index < -0.39 is 0 Å². The van der Waals surface area contributed by atoms with Gasteiger partial charge in [0.25, 0.3) is 0 Å². The Morgan fingerprint density at radius 3 is 2.42 bits per heavy atom. The third-order valence-electron chi connectivity index (χ3n) is 9.16. The highest BCUT2D eigenvalue weighted by Gasteiger charge is 2.42. The monoisotopic (exact) mass is 508 g/mol. The lowest BCUT2D eigenvalue weighted by molar-refractivity contribution is 0.151. The Hall–Kier alpha value is -3.42. The summed E-state index contributed by atoms with van der Waals surface area (Å²) in [4.78, 5) is 11.8. The van der Waals surface area contributed by atoms with Crippen LogP contribution in [0.4, 0.5) is 5.82 Å². The van der Waals surface area contributed by atoms with E-state index in [1.165, 1.54) is 64.7 Å². The summed E-state index contributed by atoms with van der Waals surface area (Å²) < 4.78 is 8.38. The maximum atomic E-state index is 6.43. The molecule has 0 radical (unpaired) electrons. The van der Waals surface area contributed by atoms with E-state index >= 15 is 0 Å². The fourth-order valence-corrected chi connectivity index (χ4v) is 7.06. The lowest BCUT2D eigenvalue weighted by atomic mass is 9.86. The fourth-order valence-electron chi connectivity index (χ4n) is 7.06. The third kappa shape index (κ3) is 4.33. The SMILES string of the molecule is Nc1ncnc2c1c(-c1ccc(Oc3ccccc3)cc1)cn2C1CCC(N2CCC3(CCNC3)C2)CC1. The second kappa shape index (κ2) is 9.71. The van der Waals surface area contributed by atoms with E-state index in [-0.39, 0.29) is 0 Å². The standard InChI is InChI=1S/C31H36N6O/c32-29-28-27(22-6-12-26(13-7-22)38-25-4-2-1-3-5-25)18-37(30(28)35-21-34-29)24-10-8-23(9-11-24)36-17-15-31(20-36)14-16-33-19-31/h1-7,12-13,18,21,23-24,33H,8-11,14-17,19-20H2,(H2,32,34,35). The average Bonchev–Trinajstić information content (AvgIpc) is 3.70. The van der Waals surface area contributed by atoms with Crippen molar-refractivity contribution in [2.75, 3.05) is 31.9 Å². The second-order valence-electron chi connectivity index (χ2n) is 11.5. The van der Waals surface area contributed by atoms with Crippen molar-refractivity contribution in [1.82, 2.24) is 24.8 Å². The summed E-state index contributed by atoms with van der Waals surface area (Å²) in [5.41, 5.74) is 10.1. The van der Waals surface area contributed by atoms with Crippen LogP contribution >= 0.6 is 0 Å². The van der Waals surface area contributed by atoms with Gasteiger partial charge in [-0.15, -0.1) is 0 Å². The maximum absolute atomic E-state index is 6.43. The van der Waals surface area contributed by atoms with Gasteiger partial charge in [-0.05, 0) is 86.9 Å². The van der Waals surface area contributed by atoms with Crippen LogP contribution in [0.5, 0.6) is 11.5 Å². The predicted octanol–water partition coefficient (Wildman–Crippen LogP) is 5.64. The molecule has 3 fully saturated rings. The topological polar surface area (TPSA) is 81.2 Å². The van der Waals surface area contributed by atoms with Gasteiger partial charge in [-0.3, -0.25) is 4.90 Å². The van der Waals surface area contributed by atoms with E-state index in [0.717, 1.165) is 33.7 Å². The van der Waals surface area contributed by atoms with E-state index in [2.05, 4.69) is 38.1 Å². The number of nitrogens with zero attached hydrogens (tertiary/aromatic N) is 4. The van der Waals surface area contributed by atoms with Gasteiger partial charge in [0, 0.05) is 36.9 Å². The molecule has 1 atom stereocenters. The van der Waals surface area contributed by atoms with Crippen molar-refractivity contribution in [2.45, 2.75) is 50.6 Å². The number of fused-ring (bicyclic) bond motifs is 1. The Morgan fingerprint density at radius 1 is 0.895 bits per heavy atom. The summed E-state index contributed by atoms with van der Waals surface area (Å²) in [6.07, 6.45) is 11.4. The van der Waals surface area contributed by atoms with Crippen LogP contribution in [-0.4, -0.2) is 51.7 Å². The molecule has 0 amide bonds. The van der Waals surface area contributed by atoms with Gasteiger partial charge in [0.15, 0.2) is 0 Å². The summed E-state index contributed by atoms with van der Waals surface area (Å²) >= 11 is 0. The first kappa shape index (κ1) is 23.7. The highest BCUT2D eigenvalue weighted by atomic mass is 16.5. The van der Waals surface area contributed by atoms with Crippen molar-refractivity contribution in [3.63, 3.8) is 0 Å². The summed E-state index contributed by atoms with van der Waals surface area (Å²) in [6, 6.07) is 19.2. The molecule has 3 N–H and O–H groups in total. The van der Waals surface area contributed by atoms with E-state index in [0.29, 0.717) is 23.3 Å². The minimum absolute atomic E-state index is 0.433. The number of hydrogen-bond donors (Lipinski definition) is 2. The largest absolute Gasteiger partial charge is 0.457 e. The zero-order chi connectivity index (χ0) is 25.5. The average molecular weight is 509 g/mol. The number of anilines is 1. The van der Waals surface area contributed by atoms with Gasteiger partial charge < -0.3 is 20.4 Å². The predicted molar refractivity (Wildman–Crippen MR) is 151 cm³/mol. The summed E-state index contributed by atoms with van der Waals surface area (Å²) in [5.74, 6) is 2.17. The lowest BCUT2D eigenvalue weighted by Gasteiger charge is -2.36. The summed E-state index contributed by atoms with van der Waals surface area (Å²) in [5, 5.41) is 4.54. The fraction of sp³-hybridized carbons (Fsp3) is 0.419. The molecular weight excluding hydrogens is 472 g/mol. The van der Waals surface area contributed by atoms with Gasteiger partial charge in [-0.25, -0.2) is 9.97 Å². The molecule has 1 spiro atoms. The molecule has 2 aromatic heterocycles. The highest BCUT2D eigenvalue weighted by Crippen LogP contribution is 2.42. The molecule has 4 heterocycles. The Morgan fingerprint density at radius 2 is 1.66 bits per heavy atom. The van der Waals surface area contributed by atoms with Gasteiger partial charge in [-0.1, -0.05) is 30.3 Å². The van der Waals surface area contributed by atoms with Crippen molar-refractivity contribution in [3.05, 3.63) is 67.1 Å². The molecule has 1 aliphatic carbocycles. The molecule has 2 saturated heterocycles.